The molecule has 2 N–H and O–H groups in total. The van der Waals surface area contributed by atoms with E-state index >= 15 is 0 Å². The van der Waals surface area contributed by atoms with Gasteiger partial charge in [-0.05, 0) is 46.3 Å². The summed E-state index contributed by atoms with van der Waals surface area (Å²) in [5.74, 6) is -0.281. The lowest BCUT2D eigenvalue weighted by Crippen LogP contribution is -1.84. The van der Waals surface area contributed by atoms with Crippen LogP contribution in [0.3, 0.4) is 0 Å². The lowest BCUT2D eigenvalue weighted by Gasteiger charge is -2.01. The molecule has 1 aromatic heterocycles. The average molecular weight is 323 g/mol. The predicted octanol–water partition coefficient (Wildman–Crippen LogP) is 4.45. The first-order valence-electron chi connectivity index (χ1n) is 5.25. The number of hydrogen-bond acceptors (Lipinski definition) is 3. The molecule has 0 aliphatic heterocycles. The van der Waals surface area contributed by atoms with E-state index in [0.717, 1.165) is 10.2 Å². The molecule has 3 rings (SSSR count). The van der Waals surface area contributed by atoms with Crippen molar-refractivity contribution in [1.82, 2.24) is 4.98 Å². The third kappa shape index (κ3) is 1.89. The lowest BCUT2D eigenvalue weighted by atomic mass is 10.2. The smallest absolute Gasteiger partial charge is 0.134 e. The monoisotopic (exact) mass is 322 g/mol. The number of aromatic nitrogens is 1. The van der Waals surface area contributed by atoms with Crippen molar-refractivity contribution >= 4 is 43.2 Å². The van der Waals surface area contributed by atoms with Crippen LogP contribution in [0.4, 0.5) is 10.1 Å². The van der Waals surface area contributed by atoms with Crippen molar-refractivity contribution in [2.24, 2.45) is 0 Å². The van der Waals surface area contributed by atoms with Gasteiger partial charge in [-0.2, -0.15) is 0 Å². The Kier molecular flexibility index (Phi) is 2.80. The molecule has 0 saturated carbocycles. The van der Waals surface area contributed by atoms with E-state index in [1.54, 1.807) is 18.2 Å². The summed E-state index contributed by atoms with van der Waals surface area (Å²) in [6.07, 6.45) is 0. The summed E-state index contributed by atoms with van der Waals surface area (Å²) in [7, 11) is 0. The highest BCUT2D eigenvalue weighted by Crippen LogP contribution is 2.36. The first kappa shape index (κ1) is 11.6. The van der Waals surface area contributed by atoms with Crippen LogP contribution in [-0.2, 0) is 0 Å². The molecule has 5 heteroatoms. The SMILES string of the molecule is Nc1ccc2nc(-c3c(F)cccc3Br)sc2c1. The Morgan fingerprint density at radius 3 is 2.83 bits per heavy atom. The fourth-order valence-electron chi connectivity index (χ4n) is 1.75. The highest BCUT2D eigenvalue weighted by Gasteiger charge is 2.13. The summed E-state index contributed by atoms with van der Waals surface area (Å²) in [5, 5.41) is 0.653. The number of rotatable bonds is 1. The van der Waals surface area contributed by atoms with Crippen molar-refractivity contribution < 1.29 is 4.39 Å². The van der Waals surface area contributed by atoms with Gasteiger partial charge in [-0.3, -0.25) is 0 Å². The van der Waals surface area contributed by atoms with E-state index in [9.17, 15) is 4.39 Å². The predicted molar refractivity (Wildman–Crippen MR) is 77.1 cm³/mol. The van der Waals surface area contributed by atoms with Crippen molar-refractivity contribution in [3.05, 3.63) is 46.7 Å². The number of benzene rings is 2. The topological polar surface area (TPSA) is 38.9 Å². The van der Waals surface area contributed by atoms with Gasteiger partial charge in [0.2, 0.25) is 0 Å². The highest BCUT2D eigenvalue weighted by atomic mass is 79.9. The molecule has 0 bridgehead atoms. The molecule has 0 fully saturated rings. The van der Waals surface area contributed by atoms with E-state index in [-0.39, 0.29) is 5.82 Å². The lowest BCUT2D eigenvalue weighted by molar-refractivity contribution is 0.630. The Labute approximate surface area is 115 Å². The minimum atomic E-state index is -0.281. The van der Waals surface area contributed by atoms with Gasteiger partial charge in [-0.15, -0.1) is 11.3 Å². The molecule has 0 radical (unpaired) electrons. The van der Waals surface area contributed by atoms with Crippen LogP contribution in [0.25, 0.3) is 20.8 Å². The summed E-state index contributed by atoms with van der Waals surface area (Å²) in [6.45, 7) is 0. The van der Waals surface area contributed by atoms with Crippen molar-refractivity contribution in [2.75, 3.05) is 5.73 Å². The Morgan fingerprint density at radius 2 is 2.06 bits per heavy atom. The minimum absolute atomic E-state index is 0.281. The van der Waals surface area contributed by atoms with Gasteiger partial charge in [-0.1, -0.05) is 6.07 Å². The van der Waals surface area contributed by atoms with E-state index in [1.165, 1.54) is 17.4 Å². The second-order valence-corrected chi connectivity index (χ2v) is 5.73. The number of fused-ring (bicyclic) bond motifs is 1. The number of nitrogens with two attached hydrogens (primary N) is 1. The molecule has 0 spiro atoms. The third-order valence-corrected chi connectivity index (χ3v) is 4.29. The molecule has 0 amide bonds. The molecule has 2 aromatic carbocycles. The maximum atomic E-state index is 13.9. The summed E-state index contributed by atoms with van der Waals surface area (Å²) in [4.78, 5) is 4.44. The Morgan fingerprint density at radius 1 is 1.22 bits per heavy atom. The molecule has 18 heavy (non-hydrogen) atoms. The quantitative estimate of drug-likeness (QED) is 0.672. The van der Waals surface area contributed by atoms with Gasteiger partial charge in [0.05, 0.1) is 15.8 Å². The normalized spacial score (nSPS) is 11.0. The van der Waals surface area contributed by atoms with Gasteiger partial charge in [0, 0.05) is 10.2 Å². The summed E-state index contributed by atoms with van der Waals surface area (Å²) in [5.41, 5.74) is 7.74. The summed E-state index contributed by atoms with van der Waals surface area (Å²) < 4.78 is 15.5. The largest absolute Gasteiger partial charge is 0.399 e. The minimum Gasteiger partial charge on any atom is -0.399 e. The second kappa shape index (κ2) is 4.33. The summed E-state index contributed by atoms with van der Waals surface area (Å²) in [6, 6.07) is 10.4. The zero-order valence-electron chi connectivity index (χ0n) is 9.15. The van der Waals surface area contributed by atoms with Crippen LogP contribution in [0.2, 0.25) is 0 Å². The molecular formula is C13H8BrFN2S. The molecule has 0 aliphatic carbocycles. The molecule has 0 unspecified atom stereocenters. The fraction of sp³-hybridized carbons (Fsp3) is 0. The Bertz CT molecular complexity index is 719. The average Bonchev–Trinajstić information content (AvgIpc) is 2.71. The number of thiazole rings is 1. The maximum absolute atomic E-state index is 13.9. The van der Waals surface area contributed by atoms with Crippen LogP contribution in [0.5, 0.6) is 0 Å². The van der Waals surface area contributed by atoms with Gasteiger partial charge in [0.25, 0.3) is 0 Å². The molecular weight excluding hydrogens is 315 g/mol. The van der Waals surface area contributed by atoms with Gasteiger partial charge < -0.3 is 5.73 Å². The summed E-state index contributed by atoms with van der Waals surface area (Å²) >= 11 is 4.79. The van der Waals surface area contributed by atoms with E-state index in [4.69, 9.17) is 5.73 Å². The van der Waals surface area contributed by atoms with E-state index in [2.05, 4.69) is 20.9 Å². The van der Waals surface area contributed by atoms with Gasteiger partial charge in [0.15, 0.2) is 0 Å². The molecule has 1 heterocycles. The second-order valence-electron chi connectivity index (χ2n) is 3.84. The number of nitrogen functional groups attached to an aromatic ring is 1. The van der Waals surface area contributed by atoms with Crippen molar-refractivity contribution in [1.29, 1.82) is 0 Å². The molecule has 3 aromatic rings. The maximum Gasteiger partial charge on any atom is 0.134 e. The number of anilines is 1. The van der Waals surface area contributed by atoms with Crippen LogP contribution >= 0.6 is 27.3 Å². The van der Waals surface area contributed by atoms with Crippen LogP contribution in [-0.4, -0.2) is 4.98 Å². The number of nitrogens with zero attached hydrogens (tertiary/aromatic N) is 1. The molecule has 0 aliphatic rings. The van der Waals surface area contributed by atoms with Crippen molar-refractivity contribution in [3.63, 3.8) is 0 Å². The molecule has 0 atom stereocenters. The Hall–Kier alpha value is -1.46. The van der Waals surface area contributed by atoms with Crippen LogP contribution in [0, 0.1) is 5.82 Å². The van der Waals surface area contributed by atoms with E-state index in [1.807, 2.05) is 12.1 Å². The Balaban J connectivity index is 2.26. The van der Waals surface area contributed by atoms with Gasteiger partial charge in [-0.25, -0.2) is 9.37 Å². The molecule has 90 valence electrons. The van der Waals surface area contributed by atoms with Gasteiger partial charge in [0.1, 0.15) is 10.8 Å². The number of hydrogen-bond donors (Lipinski definition) is 1. The van der Waals surface area contributed by atoms with Crippen molar-refractivity contribution in [2.45, 2.75) is 0 Å². The fourth-order valence-corrected chi connectivity index (χ4v) is 3.49. The molecule has 2 nitrogen and oxygen atoms in total. The van der Waals surface area contributed by atoms with Crippen LogP contribution < -0.4 is 5.73 Å². The zero-order chi connectivity index (χ0) is 12.7. The van der Waals surface area contributed by atoms with E-state index in [0.29, 0.717) is 20.7 Å². The highest BCUT2D eigenvalue weighted by molar-refractivity contribution is 9.10. The van der Waals surface area contributed by atoms with Crippen LogP contribution in [0.15, 0.2) is 40.9 Å². The zero-order valence-corrected chi connectivity index (χ0v) is 11.6. The van der Waals surface area contributed by atoms with E-state index < -0.39 is 0 Å². The third-order valence-electron chi connectivity index (χ3n) is 2.59. The first-order chi connectivity index (χ1) is 8.65. The first-order valence-corrected chi connectivity index (χ1v) is 6.86. The van der Waals surface area contributed by atoms with Crippen LogP contribution in [0.1, 0.15) is 0 Å². The van der Waals surface area contributed by atoms with Crippen molar-refractivity contribution in [3.8, 4) is 10.6 Å². The van der Waals surface area contributed by atoms with Gasteiger partial charge >= 0.3 is 0 Å². The number of halogens is 2. The molecule has 0 saturated heterocycles. The standard InChI is InChI=1S/C13H8BrFN2S/c14-8-2-1-3-9(15)12(8)13-17-10-5-4-7(16)6-11(10)18-13/h1-6H,16H2.